The molecule has 5 heteroatoms. The molecule has 0 bridgehead atoms. The molecule has 0 saturated heterocycles. The number of anilines is 1. The first-order valence-corrected chi connectivity index (χ1v) is 5.50. The Hall–Kier alpha value is -2.48. The molecule has 0 unspecified atom stereocenters. The van der Waals surface area contributed by atoms with E-state index in [1.165, 1.54) is 4.68 Å². The van der Waals surface area contributed by atoms with Crippen LogP contribution in [0.1, 0.15) is 16.8 Å². The van der Waals surface area contributed by atoms with E-state index in [-0.39, 0.29) is 0 Å². The number of nitrogens with two attached hydrogens (primary N) is 1. The number of benzene rings is 1. The Kier molecular flexibility index (Phi) is 3.20. The molecule has 0 spiro atoms. The van der Waals surface area contributed by atoms with Crippen molar-refractivity contribution in [3.05, 3.63) is 41.1 Å². The van der Waals surface area contributed by atoms with E-state index in [2.05, 4.69) is 11.2 Å². The third kappa shape index (κ3) is 2.13. The average molecular weight is 242 g/mol. The molecular formula is C13H14N4O. The van der Waals surface area contributed by atoms with Gasteiger partial charge in [0.15, 0.2) is 0 Å². The first kappa shape index (κ1) is 12.0. The molecule has 2 N–H and O–H groups in total. The highest BCUT2D eigenvalue weighted by atomic mass is 16.5. The lowest BCUT2D eigenvalue weighted by Crippen LogP contribution is -1.98. The van der Waals surface area contributed by atoms with Crippen LogP contribution in [0.5, 0.6) is 5.75 Å². The van der Waals surface area contributed by atoms with Crippen LogP contribution in [0.3, 0.4) is 0 Å². The van der Waals surface area contributed by atoms with Gasteiger partial charge in [-0.1, -0.05) is 12.1 Å². The van der Waals surface area contributed by atoms with Crippen LogP contribution >= 0.6 is 0 Å². The van der Waals surface area contributed by atoms with E-state index in [1.807, 2.05) is 24.3 Å². The molecule has 0 aliphatic carbocycles. The number of nitriles is 1. The summed E-state index contributed by atoms with van der Waals surface area (Å²) in [4.78, 5) is 0. The Bertz CT molecular complexity index is 593. The molecule has 0 amide bonds. The van der Waals surface area contributed by atoms with Crippen molar-refractivity contribution < 1.29 is 4.74 Å². The first-order valence-electron chi connectivity index (χ1n) is 5.50. The summed E-state index contributed by atoms with van der Waals surface area (Å²) in [5, 5.41) is 13.3. The molecule has 18 heavy (non-hydrogen) atoms. The number of rotatable bonds is 3. The fourth-order valence-corrected chi connectivity index (χ4v) is 1.78. The Balaban J connectivity index is 2.28. The second-order valence-corrected chi connectivity index (χ2v) is 3.97. The van der Waals surface area contributed by atoms with Crippen LogP contribution in [0.15, 0.2) is 24.3 Å². The summed E-state index contributed by atoms with van der Waals surface area (Å²) >= 11 is 0. The van der Waals surface area contributed by atoms with Crippen LogP contribution in [0.2, 0.25) is 0 Å². The molecule has 2 aromatic rings. The zero-order valence-electron chi connectivity index (χ0n) is 10.3. The zero-order chi connectivity index (χ0) is 13.1. The summed E-state index contributed by atoms with van der Waals surface area (Å²) in [5.41, 5.74) is 7.98. The number of aromatic nitrogens is 2. The van der Waals surface area contributed by atoms with Gasteiger partial charge in [0.05, 0.1) is 12.8 Å². The number of hydrogen-bond acceptors (Lipinski definition) is 4. The summed E-state index contributed by atoms with van der Waals surface area (Å²) in [6.07, 6.45) is 0.581. The monoisotopic (exact) mass is 242 g/mol. The van der Waals surface area contributed by atoms with Gasteiger partial charge in [-0.2, -0.15) is 10.4 Å². The van der Waals surface area contributed by atoms with Crippen LogP contribution in [0.25, 0.3) is 0 Å². The summed E-state index contributed by atoms with van der Waals surface area (Å²) < 4.78 is 6.62. The summed E-state index contributed by atoms with van der Waals surface area (Å²) in [6, 6.07) is 9.76. The van der Waals surface area contributed by atoms with Crippen LogP contribution in [0.4, 0.5) is 5.82 Å². The summed E-state index contributed by atoms with van der Waals surface area (Å²) in [7, 11) is 3.36. The first-order chi connectivity index (χ1) is 8.65. The van der Waals surface area contributed by atoms with Gasteiger partial charge in [-0.25, -0.2) is 0 Å². The number of hydrogen-bond donors (Lipinski definition) is 1. The van der Waals surface area contributed by atoms with Gasteiger partial charge in [-0.05, 0) is 17.7 Å². The smallest absolute Gasteiger partial charge is 0.139 e. The van der Waals surface area contributed by atoms with Crippen molar-refractivity contribution >= 4 is 5.82 Å². The average Bonchev–Trinajstić information content (AvgIpc) is 2.65. The Morgan fingerprint density at radius 2 is 2.06 bits per heavy atom. The highest BCUT2D eigenvalue weighted by Crippen LogP contribution is 2.19. The molecule has 0 saturated carbocycles. The molecule has 5 nitrogen and oxygen atoms in total. The van der Waals surface area contributed by atoms with Crippen LogP contribution < -0.4 is 10.5 Å². The Labute approximate surface area is 105 Å². The Morgan fingerprint density at radius 1 is 1.39 bits per heavy atom. The van der Waals surface area contributed by atoms with Crippen molar-refractivity contribution in [3.8, 4) is 11.8 Å². The normalized spacial score (nSPS) is 10.1. The van der Waals surface area contributed by atoms with Crippen molar-refractivity contribution in [2.24, 2.45) is 7.05 Å². The molecule has 1 aromatic carbocycles. The maximum Gasteiger partial charge on any atom is 0.139 e. The van der Waals surface area contributed by atoms with E-state index in [0.717, 1.165) is 11.3 Å². The molecule has 0 aliphatic heterocycles. The summed E-state index contributed by atoms with van der Waals surface area (Å²) in [5.74, 6) is 1.21. The number of aryl methyl sites for hydroxylation is 1. The highest BCUT2D eigenvalue weighted by molar-refractivity contribution is 5.53. The lowest BCUT2D eigenvalue weighted by atomic mass is 10.1. The third-order valence-corrected chi connectivity index (χ3v) is 2.81. The standard InChI is InChI=1S/C13H14N4O/c1-17-13(15)11(8-14)12(16-17)7-9-3-5-10(18-2)6-4-9/h3-6H,7,15H2,1-2H3. The second kappa shape index (κ2) is 4.80. The van der Waals surface area contributed by atoms with Crippen molar-refractivity contribution in [3.63, 3.8) is 0 Å². The molecule has 0 fully saturated rings. The predicted molar refractivity (Wildman–Crippen MR) is 68.1 cm³/mol. The fraction of sp³-hybridized carbons (Fsp3) is 0.231. The molecule has 92 valence electrons. The molecule has 2 rings (SSSR count). The van der Waals surface area contributed by atoms with Crippen molar-refractivity contribution in [1.82, 2.24) is 9.78 Å². The molecule has 0 radical (unpaired) electrons. The van der Waals surface area contributed by atoms with Crippen molar-refractivity contribution in [2.75, 3.05) is 12.8 Å². The Morgan fingerprint density at radius 3 is 2.61 bits per heavy atom. The molecule has 1 heterocycles. The molecule has 0 atom stereocenters. The van der Waals surface area contributed by atoms with Crippen molar-refractivity contribution in [1.29, 1.82) is 5.26 Å². The van der Waals surface area contributed by atoms with Gasteiger partial charge in [0.1, 0.15) is 23.2 Å². The van der Waals surface area contributed by atoms with E-state index in [0.29, 0.717) is 23.5 Å². The number of ether oxygens (including phenoxy) is 1. The van der Waals surface area contributed by atoms with Crippen molar-refractivity contribution in [2.45, 2.75) is 6.42 Å². The largest absolute Gasteiger partial charge is 0.497 e. The van der Waals surface area contributed by atoms with Crippen LogP contribution in [0, 0.1) is 11.3 Å². The van der Waals surface area contributed by atoms with Gasteiger partial charge in [-0.15, -0.1) is 0 Å². The molecule has 0 aliphatic rings. The van der Waals surface area contributed by atoms with Crippen LogP contribution in [-0.2, 0) is 13.5 Å². The number of nitrogen functional groups attached to an aromatic ring is 1. The van der Waals surface area contributed by atoms with Gasteiger partial charge in [0.25, 0.3) is 0 Å². The molecule has 1 aromatic heterocycles. The summed E-state index contributed by atoms with van der Waals surface area (Å²) in [6.45, 7) is 0. The van der Waals surface area contributed by atoms with E-state index in [4.69, 9.17) is 15.7 Å². The molecular weight excluding hydrogens is 228 g/mol. The van der Waals surface area contributed by atoms with Gasteiger partial charge in [0.2, 0.25) is 0 Å². The van der Waals surface area contributed by atoms with Gasteiger partial charge in [-0.3, -0.25) is 4.68 Å². The van der Waals surface area contributed by atoms with Gasteiger partial charge >= 0.3 is 0 Å². The van der Waals surface area contributed by atoms with Gasteiger partial charge in [0, 0.05) is 13.5 Å². The topological polar surface area (TPSA) is 76.9 Å². The van der Waals surface area contributed by atoms with E-state index in [1.54, 1.807) is 14.2 Å². The second-order valence-electron chi connectivity index (χ2n) is 3.97. The quantitative estimate of drug-likeness (QED) is 0.884. The minimum Gasteiger partial charge on any atom is -0.497 e. The lowest BCUT2D eigenvalue weighted by molar-refractivity contribution is 0.414. The maximum atomic E-state index is 9.07. The van der Waals surface area contributed by atoms with E-state index < -0.39 is 0 Å². The van der Waals surface area contributed by atoms with Gasteiger partial charge < -0.3 is 10.5 Å². The van der Waals surface area contributed by atoms with Crippen LogP contribution in [-0.4, -0.2) is 16.9 Å². The number of methoxy groups -OCH3 is 1. The minimum absolute atomic E-state index is 0.404. The minimum atomic E-state index is 0.404. The fourth-order valence-electron chi connectivity index (χ4n) is 1.78. The lowest BCUT2D eigenvalue weighted by Gasteiger charge is -2.01. The third-order valence-electron chi connectivity index (χ3n) is 2.81. The zero-order valence-corrected chi connectivity index (χ0v) is 10.3. The SMILES string of the molecule is COc1ccc(Cc2nn(C)c(N)c2C#N)cc1. The predicted octanol–water partition coefficient (Wildman–Crippen LogP) is 1.47. The van der Waals surface area contributed by atoms with E-state index >= 15 is 0 Å². The van der Waals surface area contributed by atoms with E-state index in [9.17, 15) is 0 Å². The number of nitrogens with zero attached hydrogens (tertiary/aromatic N) is 3. The maximum absolute atomic E-state index is 9.07. The highest BCUT2D eigenvalue weighted by Gasteiger charge is 2.13.